The van der Waals surface area contributed by atoms with Crippen LogP contribution in [0.5, 0.6) is 0 Å². The van der Waals surface area contributed by atoms with E-state index in [1.807, 2.05) is 42.6 Å². The van der Waals surface area contributed by atoms with Crippen LogP contribution in [0.15, 0.2) is 63.6 Å². The second kappa shape index (κ2) is 9.12. The number of amides is 1. The molecule has 0 fully saturated rings. The molecule has 4 aromatic rings. The highest BCUT2D eigenvalue weighted by Crippen LogP contribution is 2.35. The Kier molecular flexibility index (Phi) is 6.32. The number of aryl methyl sites for hydroxylation is 1. The summed E-state index contributed by atoms with van der Waals surface area (Å²) < 4.78 is 1.02. The third-order valence-corrected chi connectivity index (χ3v) is 7.69. The van der Waals surface area contributed by atoms with E-state index in [4.69, 9.17) is 9.97 Å². The van der Waals surface area contributed by atoms with Crippen LogP contribution in [0.1, 0.15) is 23.7 Å². The number of thiazole rings is 2. The van der Waals surface area contributed by atoms with Crippen molar-refractivity contribution in [2.24, 2.45) is 0 Å². The summed E-state index contributed by atoms with van der Waals surface area (Å²) in [5, 5.41) is 4.81. The van der Waals surface area contributed by atoms with Crippen molar-refractivity contribution >= 4 is 51.2 Å². The zero-order chi connectivity index (χ0) is 21.1. The molecule has 0 unspecified atom stereocenters. The van der Waals surface area contributed by atoms with Gasteiger partial charge in [-0.05, 0) is 31.0 Å². The van der Waals surface area contributed by atoms with E-state index in [2.05, 4.69) is 30.5 Å². The number of rotatable bonds is 6. The maximum atomic E-state index is 12.4. The van der Waals surface area contributed by atoms with Crippen LogP contribution in [0.4, 0.5) is 10.8 Å². The SMILES string of the molecule is CC(=O)N(c1nc(CSc2nc(-c3ccccc3)cs2)cs1)c1cccc(C)c1C. The van der Waals surface area contributed by atoms with Gasteiger partial charge in [0.25, 0.3) is 0 Å². The number of benzene rings is 2. The average molecular weight is 452 g/mol. The standard InChI is InChI=1S/C23H21N3OS3/c1-15-8-7-11-21(16(15)2)26(17(3)27)22-24-19(12-28-22)13-29-23-25-20(14-30-23)18-9-5-4-6-10-18/h4-12,14H,13H2,1-3H3. The predicted octanol–water partition coefficient (Wildman–Crippen LogP) is 6.86. The molecule has 0 radical (unpaired) electrons. The number of hydrogen-bond donors (Lipinski definition) is 0. The Morgan fingerprint density at radius 3 is 2.57 bits per heavy atom. The molecule has 0 N–H and O–H groups in total. The van der Waals surface area contributed by atoms with Crippen LogP contribution in [0, 0.1) is 13.8 Å². The first kappa shape index (κ1) is 20.8. The van der Waals surface area contributed by atoms with Crippen LogP contribution in [-0.2, 0) is 10.5 Å². The molecule has 2 aromatic carbocycles. The van der Waals surface area contributed by atoms with Crippen LogP contribution >= 0.6 is 34.4 Å². The quantitative estimate of drug-likeness (QED) is 0.300. The molecule has 0 aliphatic carbocycles. The Morgan fingerprint density at radius 1 is 1.00 bits per heavy atom. The minimum Gasteiger partial charge on any atom is -0.274 e. The lowest BCUT2D eigenvalue weighted by atomic mass is 10.1. The molecule has 0 spiro atoms. The smallest absolute Gasteiger partial charge is 0.230 e. The van der Waals surface area contributed by atoms with E-state index in [1.165, 1.54) is 11.3 Å². The minimum absolute atomic E-state index is 0.0373. The number of thioether (sulfide) groups is 1. The van der Waals surface area contributed by atoms with Gasteiger partial charge >= 0.3 is 0 Å². The Labute approximate surface area is 188 Å². The van der Waals surface area contributed by atoms with E-state index < -0.39 is 0 Å². The lowest BCUT2D eigenvalue weighted by Gasteiger charge is -2.21. The summed E-state index contributed by atoms with van der Waals surface area (Å²) in [5.41, 5.74) is 6.22. The lowest BCUT2D eigenvalue weighted by molar-refractivity contribution is -0.115. The van der Waals surface area contributed by atoms with Gasteiger partial charge in [0, 0.05) is 29.0 Å². The fourth-order valence-corrected chi connectivity index (χ4v) is 5.76. The number of hydrogen-bond acceptors (Lipinski definition) is 6. The summed E-state index contributed by atoms with van der Waals surface area (Å²) in [6.07, 6.45) is 0. The molecular formula is C23H21N3OS3. The second-order valence-corrected chi connectivity index (χ2v) is 9.77. The molecule has 7 heteroatoms. The van der Waals surface area contributed by atoms with Gasteiger partial charge < -0.3 is 0 Å². The van der Waals surface area contributed by atoms with Crippen molar-refractivity contribution in [1.82, 2.24) is 9.97 Å². The van der Waals surface area contributed by atoms with Crippen molar-refractivity contribution in [2.45, 2.75) is 30.9 Å². The molecule has 152 valence electrons. The molecule has 1 amide bonds. The summed E-state index contributed by atoms with van der Waals surface area (Å²) in [7, 11) is 0. The highest BCUT2D eigenvalue weighted by Gasteiger charge is 2.20. The number of anilines is 2. The van der Waals surface area contributed by atoms with Crippen LogP contribution in [0.3, 0.4) is 0 Å². The van der Waals surface area contributed by atoms with Crippen molar-refractivity contribution in [3.8, 4) is 11.3 Å². The van der Waals surface area contributed by atoms with E-state index in [0.29, 0.717) is 5.13 Å². The number of carbonyl (C=O) groups is 1. The normalized spacial score (nSPS) is 10.9. The van der Waals surface area contributed by atoms with Crippen LogP contribution in [0.25, 0.3) is 11.3 Å². The van der Waals surface area contributed by atoms with Crippen LogP contribution < -0.4 is 4.90 Å². The van der Waals surface area contributed by atoms with Gasteiger partial charge in [-0.1, -0.05) is 54.2 Å². The van der Waals surface area contributed by atoms with Gasteiger partial charge in [-0.25, -0.2) is 9.97 Å². The van der Waals surface area contributed by atoms with Crippen molar-refractivity contribution < 1.29 is 4.79 Å². The second-order valence-electron chi connectivity index (χ2n) is 6.85. The monoisotopic (exact) mass is 451 g/mol. The maximum Gasteiger partial charge on any atom is 0.230 e. The first-order chi connectivity index (χ1) is 14.5. The topological polar surface area (TPSA) is 46.1 Å². The summed E-state index contributed by atoms with van der Waals surface area (Å²) in [6, 6.07) is 16.2. The van der Waals surface area contributed by atoms with Gasteiger partial charge in [0.15, 0.2) is 9.47 Å². The number of carbonyl (C=O) groups excluding carboxylic acids is 1. The largest absolute Gasteiger partial charge is 0.274 e. The van der Waals surface area contributed by atoms with Gasteiger partial charge in [-0.2, -0.15) is 0 Å². The minimum atomic E-state index is -0.0373. The molecular weight excluding hydrogens is 430 g/mol. The summed E-state index contributed by atoms with van der Waals surface area (Å²) in [5.74, 6) is 0.682. The van der Waals surface area contributed by atoms with Crippen molar-refractivity contribution in [1.29, 1.82) is 0 Å². The van der Waals surface area contributed by atoms with Gasteiger partial charge in [-0.3, -0.25) is 9.69 Å². The highest BCUT2D eigenvalue weighted by molar-refractivity contribution is 8.00. The molecule has 0 atom stereocenters. The lowest BCUT2D eigenvalue weighted by Crippen LogP contribution is -2.23. The first-order valence-electron chi connectivity index (χ1n) is 9.48. The molecule has 0 bridgehead atoms. The first-order valence-corrected chi connectivity index (χ1v) is 12.2. The summed E-state index contributed by atoms with van der Waals surface area (Å²) in [6.45, 7) is 5.68. The van der Waals surface area contributed by atoms with Crippen molar-refractivity contribution in [2.75, 3.05) is 4.90 Å². The zero-order valence-corrected chi connectivity index (χ0v) is 19.4. The average Bonchev–Trinajstić information content (AvgIpc) is 3.40. The highest BCUT2D eigenvalue weighted by atomic mass is 32.2. The van der Waals surface area contributed by atoms with E-state index in [-0.39, 0.29) is 5.91 Å². The zero-order valence-electron chi connectivity index (χ0n) is 17.0. The third kappa shape index (κ3) is 4.48. The van der Waals surface area contributed by atoms with Gasteiger partial charge in [0.05, 0.1) is 17.1 Å². The van der Waals surface area contributed by atoms with Crippen molar-refractivity contribution in [3.63, 3.8) is 0 Å². The van der Waals surface area contributed by atoms with Crippen LogP contribution in [-0.4, -0.2) is 15.9 Å². The molecule has 0 aliphatic rings. The van der Waals surface area contributed by atoms with Gasteiger partial charge in [0.2, 0.25) is 5.91 Å². The van der Waals surface area contributed by atoms with Crippen LogP contribution in [0.2, 0.25) is 0 Å². The number of aromatic nitrogens is 2. The molecule has 0 aliphatic heterocycles. The third-order valence-electron chi connectivity index (χ3n) is 4.76. The predicted molar refractivity (Wildman–Crippen MR) is 128 cm³/mol. The molecule has 2 aromatic heterocycles. The Hall–Kier alpha value is -2.48. The van der Waals surface area contributed by atoms with E-state index in [9.17, 15) is 4.79 Å². The molecule has 0 saturated carbocycles. The van der Waals surface area contributed by atoms with E-state index in [1.54, 1.807) is 34.9 Å². The maximum absolute atomic E-state index is 12.4. The van der Waals surface area contributed by atoms with Gasteiger partial charge in [-0.15, -0.1) is 22.7 Å². The molecule has 2 heterocycles. The fraction of sp³-hybridized carbons (Fsp3) is 0.174. The van der Waals surface area contributed by atoms with E-state index in [0.717, 1.165) is 43.9 Å². The Balaban J connectivity index is 1.49. The van der Waals surface area contributed by atoms with E-state index >= 15 is 0 Å². The molecule has 0 saturated heterocycles. The number of nitrogens with zero attached hydrogens (tertiary/aromatic N) is 3. The molecule has 4 rings (SSSR count). The summed E-state index contributed by atoms with van der Waals surface area (Å²) >= 11 is 4.81. The Morgan fingerprint density at radius 2 is 1.80 bits per heavy atom. The molecule has 4 nitrogen and oxygen atoms in total. The summed E-state index contributed by atoms with van der Waals surface area (Å²) in [4.78, 5) is 23.6. The van der Waals surface area contributed by atoms with Crippen molar-refractivity contribution in [3.05, 3.63) is 76.1 Å². The van der Waals surface area contributed by atoms with Gasteiger partial charge in [0.1, 0.15) is 0 Å². The Bertz CT molecular complexity index is 1170. The fourth-order valence-electron chi connectivity index (χ4n) is 3.05. The molecule has 30 heavy (non-hydrogen) atoms.